The Bertz CT molecular complexity index is 1900. The van der Waals surface area contributed by atoms with E-state index >= 15 is 0 Å². The smallest absolute Gasteiger partial charge is 0.179 e. The number of fused-ring (bicyclic) bond motifs is 3. The normalized spacial score (nSPS) is 11.8. The van der Waals surface area contributed by atoms with E-state index in [1.807, 2.05) is 48.5 Å². The maximum atomic E-state index is 14.2. The molecule has 0 fully saturated rings. The Balaban J connectivity index is 1.61. The number of nitrogens with zero attached hydrogens (tertiary/aromatic N) is 1. The Kier molecular flexibility index (Phi) is 5.91. The minimum Gasteiger partial charge on any atom is -0.309 e. The first-order chi connectivity index (χ1) is 19.7. The van der Waals surface area contributed by atoms with Crippen molar-refractivity contribution in [3.63, 3.8) is 0 Å². The summed E-state index contributed by atoms with van der Waals surface area (Å²) in [5.74, 6) is -0.555. The molecule has 0 aliphatic rings. The van der Waals surface area contributed by atoms with Crippen molar-refractivity contribution in [2.45, 2.75) is 0 Å². The Labute approximate surface area is 232 Å². The lowest BCUT2D eigenvalue weighted by Crippen LogP contribution is -2.74. The molecule has 1 nitrogen and oxygen atoms in total. The molecule has 4 heteroatoms. The van der Waals surface area contributed by atoms with E-state index in [-0.39, 0.29) is 11.6 Å². The first kappa shape index (κ1) is 24.3. The molecule has 7 rings (SSSR count). The van der Waals surface area contributed by atoms with Crippen LogP contribution in [0.5, 0.6) is 0 Å². The second-order valence-electron chi connectivity index (χ2n) is 10.0. The standard InChI is InChI=1S/C36H25F2NSi/c37-26-15-19-30(20-16-26)40(29-11-5-2-6-12-29,31-21-17-27(38)18-22-31)32-23-24-36-34(25-32)33-13-7-8-14-35(33)39(36)28-9-3-1-4-10-28/h1-25H. The first-order valence-corrected chi connectivity index (χ1v) is 15.3. The molecule has 0 spiro atoms. The zero-order valence-electron chi connectivity index (χ0n) is 21.6. The number of benzene rings is 6. The van der Waals surface area contributed by atoms with Crippen LogP contribution in [0.4, 0.5) is 8.78 Å². The summed E-state index contributed by atoms with van der Waals surface area (Å²) in [5.41, 5.74) is 3.35. The lowest BCUT2D eigenvalue weighted by Gasteiger charge is -2.34. The number of hydrogen-bond donors (Lipinski definition) is 0. The van der Waals surface area contributed by atoms with Gasteiger partial charge in [0.2, 0.25) is 0 Å². The summed E-state index contributed by atoms with van der Waals surface area (Å²) in [4.78, 5) is 0. The van der Waals surface area contributed by atoms with Crippen LogP contribution in [0.15, 0.2) is 152 Å². The van der Waals surface area contributed by atoms with Crippen molar-refractivity contribution in [1.29, 1.82) is 0 Å². The van der Waals surface area contributed by atoms with Crippen molar-refractivity contribution in [3.8, 4) is 5.69 Å². The molecule has 0 unspecified atom stereocenters. The molecule has 0 saturated carbocycles. The third-order valence-electron chi connectivity index (χ3n) is 7.88. The third-order valence-corrected chi connectivity index (χ3v) is 12.7. The van der Waals surface area contributed by atoms with Gasteiger partial charge < -0.3 is 4.57 Å². The lowest BCUT2D eigenvalue weighted by molar-refractivity contribution is 0.628. The van der Waals surface area contributed by atoms with Crippen molar-refractivity contribution in [2.75, 3.05) is 0 Å². The topological polar surface area (TPSA) is 4.93 Å². The highest BCUT2D eigenvalue weighted by molar-refractivity contribution is 7.20. The Morgan fingerprint density at radius 2 is 0.875 bits per heavy atom. The lowest BCUT2D eigenvalue weighted by atomic mass is 10.1. The highest BCUT2D eigenvalue weighted by atomic mass is 28.3. The fourth-order valence-electron chi connectivity index (χ4n) is 6.15. The van der Waals surface area contributed by atoms with E-state index in [9.17, 15) is 8.78 Å². The van der Waals surface area contributed by atoms with Crippen LogP contribution in [0.1, 0.15) is 0 Å². The van der Waals surface area contributed by atoms with Crippen LogP contribution in [0.3, 0.4) is 0 Å². The summed E-state index contributed by atoms with van der Waals surface area (Å²) < 4.78 is 30.8. The van der Waals surface area contributed by atoms with E-state index in [1.54, 1.807) is 0 Å². The molecule has 0 radical (unpaired) electrons. The van der Waals surface area contributed by atoms with Crippen LogP contribution in [-0.4, -0.2) is 12.6 Å². The first-order valence-electron chi connectivity index (χ1n) is 13.3. The average molecular weight is 538 g/mol. The van der Waals surface area contributed by atoms with E-state index in [1.165, 1.54) is 24.3 Å². The maximum absolute atomic E-state index is 14.2. The minimum absolute atomic E-state index is 0.278. The van der Waals surface area contributed by atoms with Gasteiger partial charge in [0.25, 0.3) is 0 Å². The Morgan fingerprint density at radius 1 is 0.400 bits per heavy atom. The quantitative estimate of drug-likeness (QED) is 0.176. The van der Waals surface area contributed by atoms with Gasteiger partial charge in [-0.3, -0.25) is 0 Å². The molecule has 192 valence electrons. The summed E-state index contributed by atoms with van der Waals surface area (Å²) in [5, 5.41) is 6.70. The number of aromatic nitrogens is 1. The van der Waals surface area contributed by atoms with Gasteiger partial charge in [-0.15, -0.1) is 0 Å². The minimum atomic E-state index is -2.96. The van der Waals surface area contributed by atoms with Crippen molar-refractivity contribution < 1.29 is 8.78 Å². The summed E-state index contributed by atoms with van der Waals surface area (Å²) >= 11 is 0. The summed E-state index contributed by atoms with van der Waals surface area (Å²) in [7, 11) is -2.96. The highest BCUT2D eigenvalue weighted by Crippen LogP contribution is 2.31. The molecule has 7 aromatic rings. The second kappa shape index (κ2) is 9.74. The predicted molar refractivity (Wildman–Crippen MR) is 164 cm³/mol. The van der Waals surface area contributed by atoms with Gasteiger partial charge in [-0.1, -0.05) is 103 Å². The van der Waals surface area contributed by atoms with Crippen LogP contribution in [0.2, 0.25) is 0 Å². The molecule has 0 N–H and O–H groups in total. The number of hydrogen-bond acceptors (Lipinski definition) is 0. The molecule has 0 aliphatic carbocycles. The van der Waals surface area contributed by atoms with Crippen LogP contribution in [0, 0.1) is 11.6 Å². The maximum Gasteiger partial charge on any atom is 0.179 e. The fourth-order valence-corrected chi connectivity index (χ4v) is 10.9. The molecular formula is C36H25F2NSi. The van der Waals surface area contributed by atoms with Gasteiger partial charge in [0.15, 0.2) is 8.07 Å². The Hall–Kier alpha value is -4.80. The molecule has 40 heavy (non-hydrogen) atoms. The molecule has 1 aromatic heterocycles. The molecule has 0 atom stereocenters. The predicted octanol–water partition coefficient (Wildman–Crippen LogP) is 6.44. The molecule has 1 heterocycles. The number of halogens is 2. The fraction of sp³-hybridized carbons (Fsp3) is 0. The summed E-state index contributed by atoms with van der Waals surface area (Å²) in [6, 6.07) is 49.7. The monoisotopic (exact) mass is 537 g/mol. The second-order valence-corrected chi connectivity index (χ2v) is 13.9. The molecule has 0 bridgehead atoms. The SMILES string of the molecule is Fc1ccc([Si](c2ccccc2)(c2ccc(F)cc2)c2ccc3c(c2)c2ccccc2n3-c2ccccc2)cc1. The van der Waals surface area contributed by atoms with Gasteiger partial charge in [0.1, 0.15) is 11.6 Å². The van der Waals surface area contributed by atoms with E-state index in [0.717, 1.165) is 48.2 Å². The van der Waals surface area contributed by atoms with Crippen LogP contribution >= 0.6 is 0 Å². The average Bonchev–Trinajstić information content (AvgIpc) is 3.34. The van der Waals surface area contributed by atoms with Gasteiger partial charge in [0, 0.05) is 16.5 Å². The van der Waals surface area contributed by atoms with Gasteiger partial charge in [-0.05, 0) is 69.3 Å². The number of rotatable bonds is 5. The van der Waals surface area contributed by atoms with E-state index in [4.69, 9.17) is 0 Å². The van der Waals surface area contributed by atoms with Crippen molar-refractivity contribution in [1.82, 2.24) is 4.57 Å². The molecular weight excluding hydrogens is 512 g/mol. The number of para-hydroxylation sites is 2. The molecule has 6 aromatic carbocycles. The van der Waals surface area contributed by atoms with E-state index in [2.05, 4.69) is 83.4 Å². The van der Waals surface area contributed by atoms with Gasteiger partial charge >= 0.3 is 0 Å². The Morgan fingerprint density at radius 3 is 1.50 bits per heavy atom. The van der Waals surface area contributed by atoms with Crippen LogP contribution < -0.4 is 20.7 Å². The molecule has 0 saturated heterocycles. The van der Waals surface area contributed by atoms with Crippen molar-refractivity contribution in [2.24, 2.45) is 0 Å². The largest absolute Gasteiger partial charge is 0.309 e. The van der Waals surface area contributed by atoms with Crippen molar-refractivity contribution in [3.05, 3.63) is 163 Å². The molecule has 0 amide bonds. The van der Waals surface area contributed by atoms with E-state index in [0.29, 0.717) is 0 Å². The van der Waals surface area contributed by atoms with E-state index < -0.39 is 8.07 Å². The van der Waals surface area contributed by atoms with Crippen LogP contribution in [-0.2, 0) is 0 Å². The van der Waals surface area contributed by atoms with Crippen molar-refractivity contribution >= 4 is 50.6 Å². The van der Waals surface area contributed by atoms with Gasteiger partial charge in [-0.25, -0.2) is 8.78 Å². The zero-order chi connectivity index (χ0) is 27.1. The summed E-state index contributed by atoms with van der Waals surface area (Å²) in [6.07, 6.45) is 0. The molecule has 0 aliphatic heterocycles. The van der Waals surface area contributed by atoms with Gasteiger partial charge in [-0.2, -0.15) is 0 Å². The highest BCUT2D eigenvalue weighted by Gasteiger charge is 2.41. The summed E-state index contributed by atoms with van der Waals surface area (Å²) in [6.45, 7) is 0. The van der Waals surface area contributed by atoms with Gasteiger partial charge in [0.05, 0.1) is 11.0 Å². The zero-order valence-corrected chi connectivity index (χ0v) is 22.6. The van der Waals surface area contributed by atoms with Crippen LogP contribution in [0.25, 0.3) is 27.5 Å². The third kappa shape index (κ3) is 3.80.